The maximum absolute atomic E-state index is 12.3. The number of hydrogen-bond donors (Lipinski definition) is 1. The third-order valence-electron chi connectivity index (χ3n) is 4.28. The fourth-order valence-corrected chi connectivity index (χ4v) is 3.46. The normalized spacial score (nSPS) is 11.4. The summed E-state index contributed by atoms with van der Waals surface area (Å²) in [4.78, 5) is 24.6. The summed E-state index contributed by atoms with van der Waals surface area (Å²) in [6.07, 6.45) is 1.59. The van der Waals surface area contributed by atoms with E-state index >= 15 is 0 Å². The van der Waals surface area contributed by atoms with E-state index in [2.05, 4.69) is 5.32 Å². The minimum atomic E-state index is -1.02. The first kappa shape index (κ1) is 22.2. The SMILES string of the molecule is Cc1ccc(Oc2ccccc2NC(=O)COC(=O)c2cccc(CS(C)=O)c2)cc1. The summed E-state index contributed by atoms with van der Waals surface area (Å²) in [5.41, 5.74) is 2.65. The highest BCUT2D eigenvalue weighted by Crippen LogP contribution is 2.29. The van der Waals surface area contributed by atoms with Gasteiger partial charge in [-0.1, -0.05) is 42.0 Å². The Labute approximate surface area is 183 Å². The van der Waals surface area contributed by atoms with E-state index < -0.39 is 29.3 Å². The monoisotopic (exact) mass is 437 g/mol. The molecule has 1 N–H and O–H groups in total. The molecule has 0 aliphatic rings. The summed E-state index contributed by atoms with van der Waals surface area (Å²) in [5, 5.41) is 2.71. The Morgan fingerprint density at radius 1 is 0.968 bits per heavy atom. The first-order chi connectivity index (χ1) is 14.9. The van der Waals surface area contributed by atoms with Gasteiger partial charge in [-0.05, 0) is 48.9 Å². The molecule has 3 rings (SSSR count). The van der Waals surface area contributed by atoms with Crippen molar-refractivity contribution in [2.45, 2.75) is 12.7 Å². The van der Waals surface area contributed by atoms with Gasteiger partial charge >= 0.3 is 5.97 Å². The number of para-hydroxylation sites is 2. The topological polar surface area (TPSA) is 81.7 Å². The molecule has 6 nitrogen and oxygen atoms in total. The van der Waals surface area contributed by atoms with Crippen LogP contribution in [0.3, 0.4) is 0 Å². The van der Waals surface area contributed by atoms with Crippen LogP contribution < -0.4 is 10.1 Å². The third kappa shape index (κ3) is 6.79. The highest BCUT2D eigenvalue weighted by molar-refractivity contribution is 7.83. The molecule has 1 amide bonds. The molecule has 31 heavy (non-hydrogen) atoms. The van der Waals surface area contributed by atoms with Crippen LogP contribution >= 0.6 is 0 Å². The van der Waals surface area contributed by atoms with Crippen molar-refractivity contribution in [3.05, 3.63) is 89.5 Å². The second-order valence-electron chi connectivity index (χ2n) is 6.95. The Morgan fingerprint density at radius 3 is 2.45 bits per heavy atom. The van der Waals surface area contributed by atoms with Crippen LogP contribution in [0.5, 0.6) is 11.5 Å². The van der Waals surface area contributed by atoms with Crippen LogP contribution in [0.15, 0.2) is 72.8 Å². The third-order valence-corrected chi connectivity index (χ3v) is 5.02. The summed E-state index contributed by atoms with van der Waals surface area (Å²) in [5.74, 6) is 0.361. The molecule has 1 atom stereocenters. The molecule has 3 aromatic carbocycles. The number of aryl methyl sites for hydroxylation is 1. The van der Waals surface area contributed by atoms with Gasteiger partial charge in [0.1, 0.15) is 5.75 Å². The molecule has 7 heteroatoms. The lowest BCUT2D eigenvalue weighted by Gasteiger charge is -2.12. The molecule has 0 saturated carbocycles. The van der Waals surface area contributed by atoms with Crippen LogP contribution in [0.1, 0.15) is 21.5 Å². The van der Waals surface area contributed by atoms with Crippen molar-refractivity contribution >= 4 is 28.4 Å². The lowest BCUT2D eigenvalue weighted by Crippen LogP contribution is -2.21. The second-order valence-corrected chi connectivity index (χ2v) is 8.39. The number of benzene rings is 3. The predicted molar refractivity (Wildman–Crippen MR) is 121 cm³/mol. The van der Waals surface area contributed by atoms with Crippen LogP contribution in [0, 0.1) is 6.92 Å². The molecule has 0 aliphatic heterocycles. The number of carbonyl (C=O) groups excluding carboxylic acids is 2. The van der Waals surface area contributed by atoms with Gasteiger partial charge in [-0.25, -0.2) is 4.79 Å². The van der Waals surface area contributed by atoms with Crippen LogP contribution in [0.2, 0.25) is 0 Å². The lowest BCUT2D eigenvalue weighted by molar-refractivity contribution is -0.119. The van der Waals surface area contributed by atoms with Gasteiger partial charge < -0.3 is 14.8 Å². The number of amides is 1. The van der Waals surface area contributed by atoms with E-state index in [9.17, 15) is 13.8 Å². The molecule has 0 fully saturated rings. The number of hydrogen-bond acceptors (Lipinski definition) is 5. The molecular formula is C24H23NO5S. The van der Waals surface area contributed by atoms with E-state index in [1.54, 1.807) is 54.8 Å². The number of esters is 1. The zero-order valence-corrected chi connectivity index (χ0v) is 18.1. The highest BCUT2D eigenvalue weighted by Gasteiger charge is 2.13. The summed E-state index contributed by atoms with van der Waals surface area (Å²) >= 11 is 0. The van der Waals surface area contributed by atoms with Crippen molar-refractivity contribution in [3.8, 4) is 11.5 Å². The largest absolute Gasteiger partial charge is 0.455 e. The summed E-state index contributed by atoms with van der Waals surface area (Å²) in [6.45, 7) is 1.54. The predicted octanol–water partition coefficient (Wildman–Crippen LogP) is 4.46. The molecule has 0 radical (unpaired) electrons. The number of anilines is 1. The zero-order chi connectivity index (χ0) is 22.2. The van der Waals surface area contributed by atoms with E-state index in [1.807, 2.05) is 31.2 Å². The van der Waals surface area contributed by atoms with E-state index in [0.29, 0.717) is 28.5 Å². The van der Waals surface area contributed by atoms with Gasteiger partial charge in [0.25, 0.3) is 5.91 Å². The van der Waals surface area contributed by atoms with Gasteiger partial charge in [0, 0.05) is 22.8 Å². The van der Waals surface area contributed by atoms with Gasteiger partial charge in [-0.3, -0.25) is 9.00 Å². The van der Waals surface area contributed by atoms with Gasteiger partial charge in [0.15, 0.2) is 12.4 Å². The van der Waals surface area contributed by atoms with Crippen molar-refractivity contribution < 1.29 is 23.3 Å². The molecular weight excluding hydrogens is 414 g/mol. The molecule has 1 unspecified atom stereocenters. The Kier molecular flexibility index (Phi) is 7.56. The van der Waals surface area contributed by atoms with Crippen LogP contribution in [0.25, 0.3) is 0 Å². The smallest absolute Gasteiger partial charge is 0.338 e. The molecule has 0 saturated heterocycles. The summed E-state index contributed by atoms with van der Waals surface area (Å²) < 4.78 is 22.4. The quantitative estimate of drug-likeness (QED) is 0.526. The fraction of sp³-hybridized carbons (Fsp3) is 0.167. The fourth-order valence-electron chi connectivity index (χ4n) is 2.82. The minimum absolute atomic E-state index is 0.304. The van der Waals surface area contributed by atoms with Crippen molar-refractivity contribution in [1.82, 2.24) is 0 Å². The summed E-state index contributed by atoms with van der Waals surface area (Å²) in [6, 6.07) is 21.3. The zero-order valence-electron chi connectivity index (χ0n) is 17.3. The summed E-state index contributed by atoms with van der Waals surface area (Å²) in [7, 11) is -1.02. The Hall–Kier alpha value is -3.45. The molecule has 0 aliphatic carbocycles. The Balaban J connectivity index is 1.59. The molecule has 3 aromatic rings. The average molecular weight is 438 g/mol. The van der Waals surface area contributed by atoms with Gasteiger partial charge in [-0.15, -0.1) is 0 Å². The van der Waals surface area contributed by atoms with E-state index in [4.69, 9.17) is 9.47 Å². The van der Waals surface area contributed by atoms with Crippen molar-refractivity contribution in [2.24, 2.45) is 0 Å². The van der Waals surface area contributed by atoms with Gasteiger partial charge in [-0.2, -0.15) is 0 Å². The maximum atomic E-state index is 12.3. The number of carbonyl (C=O) groups is 2. The van der Waals surface area contributed by atoms with Crippen molar-refractivity contribution in [1.29, 1.82) is 0 Å². The van der Waals surface area contributed by atoms with Crippen LogP contribution in [-0.2, 0) is 26.1 Å². The van der Waals surface area contributed by atoms with Crippen LogP contribution in [0.4, 0.5) is 5.69 Å². The molecule has 160 valence electrons. The Bertz CT molecular complexity index is 1100. The van der Waals surface area contributed by atoms with Gasteiger partial charge in [0.2, 0.25) is 0 Å². The minimum Gasteiger partial charge on any atom is -0.455 e. The second kappa shape index (κ2) is 10.5. The van der Waals surface area contributed by atoms with Crippen LogP contribution in [-0.4, -0.2) is 28.9 Å². The maximum Gasteiger partial charge on any atom is 0.338 e. The van der Waals surface area contributed by atoms with E-state index in [0.717, 1.165) is 11.1 Å². The molecule has 0 aromatic heterocycles. The molecule has 0 bridgehead atoms. The first-order valence-electron chi connectivity index (χ1n) is 9.60. The molecule has 0 heterocycles. The van der Waals surface area contributed by atoms with E-state index in [1.165, 1.54) is 0 Å². The number of nitrogens with one attached hydrogen (secondary N) is 1. The first-order valence-corrected chi connectivity index (χ1v) is 11.3. The number of ether oxygens (including phenoxy) is 2. The van der Waals surface area contributed by atoms with E-state index in [-0.39, 0.29) is 0 Å². The Morgan fingerprint density at radius 2 is 1.71 bits per heavy atom. The number of rotatable bonds is 8. The lowest BCUT2D eigenvalue weighted by atomic mass is 10.1. The standard InChI is InChI=1S/C24H23NO5S/c1-17-10-12-20(13-11-17)30-22-9-4-3-8-21(22)25-23(26)15-29-24(27)19-7-5-6-18(14-19)16-31(2)28/h3-14H,15-16H2,1-2H3,(H,25,26). The average Bonchev–Trinajstić information content (AvgIpc) is 2.75. The van der Waals surface area contributed by atoms with Crippen molar-refractivity contribution in [2.75, 3.05) is 18.2 Å². The van der Waals surface area contributed by atoms with Crippen molar-refractivity contribution in [3.63, 3.8) is 0 Å². The van der Waals surface area contributed by atoms with Gasteiger partial charge in [0.05, 0.1) is 11.3 Å². The highest BCUT2D eigenvalue weighted by atomic mass is 32.2. The molecule has 0 spiro atoms.